The molecule has 2 saturated carbocycles. The lowest BCUT2D eigenvalue weighted by Gasteiger charge is -2.49. The molecule has 2 aliphatic carbocycles. The van der Waals surface area contributed by atoms with Crippen molar-refractivity contribution in [3.8, 4) is 0 Å². The highest BCUT2D eigenvalue weighted by molar-refractivity contribution is 7.88. The molecule has 0 aromatic rings. The molecule has 0 radical (unpaired) electrons. The molecule has 4 atom stereocenters. The fraction of sp³-hybridized carbons (Fsp3) is 1.00. The molecule has 4 rings (SSSR count). The summed E-state index contributed by atoms with van der Waals surface area (Å²) in [6, 6.07) is 0. The van der Waals surface area contributed by atoms with Gasteiger partial charge in [-0.25, -0.2) is 0 Å². The normalized spacial score (nSPS) is 62.9. The first-order chi connectivity index (χ1) is 6.99. The van der Waals surface area contributed by atoms with Crippen LogP contribution in [0.4, 0.5) is 0 Å². The smallest absolute Gasteiger partial charge is 0.298 e. The van der Waals surface area contributed by atoms with Crippen molar-refractivity contribution in [3.63, 3.8) is 0 Å². The molecule has 4 unspecified atom stereocenters. The number of aliphatic hydroxyl groups excluding tert-OH is 1. The number of hydrogen-bond donors (Lipinski definition) is 1. The van der Waals surface area contributed by atoms with Crippen molar-refractivity contribution in [1.82, 2.24) is 0 Å². The van der Waals surface area contributed by atoms with Crippen LogP contribution in [0.5, 0.6) is 0 Å². The van der Waals surface area contributed by atoms with Crippen LogP contribution in [0.15, 0.2) is 0 Å². The number of rotatable bonds is 1. The molecular formula is C9H12O5S. The van der Waals surface area contributed by atoms with Gasteiger partial charge in [0.2, 0.25) is 4.93 Å². The monoisotopic (exact) mass is 232 g/mol. The summed E-state index contributed by atoms with van der Waals surface area (Å²) in [5.41, 5.74) is -0.612. The Morgan fingerprint density at radius 1 is 1.40 bits per heavy atom. The lowest BCUT2D eigenvalue weighted by Crippen LogP contribution is -2.63. The predicted molar refractivity (Wildman–Crippen MR) is 48.3 cm³/mol. The van der Waals surface area contributed by atoms with Crippen LogP contribution in [0, 0.1) is 10.8 Å². The minimum atomic E-state index is -3.58. The number of hydrogen-bond acceptors (Lipinski definition) is 5. The zero-order valence-corrected chi connectivity index (χ0v) is 8.92. The molecule has 1 N–H and O–H groups in total. The van der Waals surface area contributed by atoms with Gasteiger partial charge in [0.15, 0.2) is 0 Å². The van der Waals surface area contributed by atoms with Gasteiger partial charge in [-0.15, -0.1) is 0 Å². The Balaban J connectivity index is 1.98. The molecular weight excluding hydrogens is 220 g/mol. The van der Waals surface area contributed by atoms with Crippen LogP contribution < -0.4 is 0 Å². The van der Waals surface area contributed by atoms with Gasteiger partial charge in [0.25, 0.3) is 10.1 Å². The van der Waals surface area contributed by atoms with Crippen LogP contribution in [0.25, 0.3) is 0 Å². The second kappa shape index (κ2) is 1.99. The summed E-state index contributed by atoms with van der Waals surface area (Å²) in [5, 5.41) is 9.43. The second-order valence-electron chi connectivity index (χ2n) is 5.45. The van der Waals surface area contributed by atoms with Crippen LogP contribution in [-0.4, -0.2) is 37.8 Å². The molecule has 6 heteroatoms. The average Bonchev–Trinajstić information content (AvgIpc) is 2.56. The fourth-order valence-corrected chi connectivity index (χ4v) is 6.34. The predicted octanol–water partition coefficient (Wildman–Crippen LogP) is -0.396. The van der Waals surface area contributed by atoms with Crippen LogP contribution >= 0.6 is 0 Å². The SMILES string of the molecule is O=S1(=O)OC2CC3(CO)CC24COC41C3. The number of ether oxygens (including phenoxy) is 1. The van der Waals surface area contributed by atoms with E-state index < -0.39 is 15.1 Å². The zero-order valence-electron chi connectivity index (χ0n) is 8.10. The number of fused-ring (bicyclic) bond motifs is 1. The van der Waals surface area contributed by atoms with E-state index in [1.54, 1.807) is 0 Å². The maximum atomic E-state index is 11.9. The molecule has 0 amide bonds. The van der Waals surface area contributed by atoms with Crippen molar-refractivity contribution in [1.29, 1.82) is 0 Å². The summed E-state index contributed by atoms with van der Waals surface area (Å²) in [5.74, 6) is 0. The fourth-order valence-electron chi connectivity index (χ4n) is 4.18. The van der Waals surface area contributed by atoms with Crippen LogP contribution in [0.2, 0.25) is 0 Å². The highest BCUT2D eigenvalue weighted by atomic mass is 32.2. The molecule has 0 aromatic heterocycles. The molecule has 0 aromatic carbocycles. The first-order valence-electron chi connectivity index (χ1n) is 5.17. The molecule has 84 valence electrons. The Morgan fingerprint density at radius 2 is 2.20 bits per heavy atom. The van der Waals surface area contributed by atoms with Crippen molar-refractivity contribution in [3.05, 3.63) is 0 Å². The maximum Gasteiger partial charge on any atom is 0.298 e. The van der Waals surface area contributed by atoms with E-state index in [1.807, 2.05) is 0 Å². The van der Waals surface area contributed by atoms with Crippen molar-refractivity contribution in [2.45, 2.75) is 30.3 Å². The molecule has 15 heavy (non-hydrogen) atoms. The molecule has 2 heterocycles. The zero-order chi connectivity index (χ0) is 10.5. The van der Waals surface area contributed by atoms with E-state index in [-0.39, 0.29) is 23.5 Å². The third-order valence-corrected chi connectivity index (χ3v) is 6.80. The summed E-state index contributed by atoms with van der Waals surface area (Å²) in [6.07, 6.45) is 1.56. The Hall–Kier alpha value is -0.170. The van der Waals surface area contributed by atoms with Crippen molar-refractivity contribution >= 4 is 10.1 Å². The summed E-state index contributed by atoms with van der Waals surface area (Å²) in [4.78, 5) is -1.11. The molecule has 2 saturated heterocycles. The molecule has 4 aliphatic rings. The van der Waals surface area contributed by atoms with Crippen molar-refractivity contribution < 1.29 is 22.4 Å². The van der Waals surface area contributed by atoms with E-state index >= 15 is 0 Å². The average molecular weight is 232 g/mol. The summed E-state index contributed by atoms with van der Waals surface area (Å²) >= 11 is 0. The van der Waals surface area contributed by atoms with Crippen LogP contribution in [0.1, 0.15) is 19.3 Å². The maximum absolute atomic E-state index is 11.9. The summed E-state index contributed by atoms with van der Waals surface area (Å²) in [6.45, 7) is 0.508. The van der Waals surface area contributed by atoms with E-state index in [0.717, 1.165) is 6.42 Å². The van der Waals surface area contributed by atoms with Crippen LogP contribution in [-0.2, 0) is 19.0 Å². The van der Waals surface area contributed by atoms with E-state index in [0.29, 0.717) is 19.4 Å². The third-order valence-electron chi connectivity index (χ3n) is 4.84. The van der Waals surface area contributed by atoms with Gasteiger partial charge in [-0.2, -0.15) is 8.42 Å². The van der Waals surface area contributed by atoms with Gasteiger partial charge in [-0.3, -0.25) is 4.18 Å². The first kappa shape index (κ1) is 8.92. The molecule has 2 aliphatic heterocycles. The highest BCUT2D eigenvalue weighted by Crippen LogP contribution is 2.77. The van der Waals surface area contributed by atoms with Gasteiger partial charge in [0.1, 0.15) is 0 Å². The first-order valence-corrected chi connectivity index (χ1v) is 6.58. The van der Waals surface area contributed by atoms with Gasteiger partial charge in [-0.1, -0.05) is 0 Å². The standard InChI is InChI=1S/C9H12O5S/c10-4-7-1-6-8(2-7)5-13-9(8,3-7)15(11,12)14-6/h6,10H,1-5H2. The van der Waals surface area contributed by atoms with E-state index in [9.17, 15) is 13.5 Å². The number of aliphatic hydroxyl groups is 1. The van der Waals surface area contributed by atoms with Crippen LogP contribution in [0.3, 0.4) is 0 Å². The van der Waals surface area contributed by atoms with Crippen molar-refractivity contribution in [2.24, 2.45) is 10.8 Å². The molecule has 4 fully saturated rings. The van der Waals surface area contributed by atoms with E-state index in [2.05, 4.69) is 0 Å². The van der Waals surface area contributed by atoms with Gasteiger partial charge < -0.3 is 9.84 Å². The molecule has 2 bridgehead atoms. The second-order valence-corrected chi connectivity index (χ2v) is 7.21. The third kappa shape index (κ3) is 0.621. The Morgan fingerprint density at radius 3 is 2.67 bits per heavy atom. The quantitative estimate of drug-likeness (QED) is 0.623. The van der Waals surface area contributed by atoms with Gasteiger partial charge >= 0.3 is 0 Å². The lowest BCUT2D eigenvalue weighted by molar-refractivity contribution is -0.211. The topological polar surface area (TPSA) is 72.8 Å². The van der Waals surface area contributed by atoms with Crippen molar-refractivity contribution in [2.75, 3.05) is 13.2 Å². The van der Waals surface area contributed by atoms with Gasteiger partial charge in [-0.05, 0) is 12.8 Å². The largest absolute Gasteiger partial charge is 0.396 e. The summed E-state index contributed by atoms with van der Waals surface area (Å²) < 4.78 is 34.3. The minimum Gasteiger partial charge on any atom is -0.396 e. The summed E-state index contributed by atoms with van der Waals surface area (Å²) in [7, 11) is -3.58. The van der Waals surface area contributed by atoms with E-state index in [4.69, 9.17) is 8.92 Å². The Bertz CT molecular complexity index is 459. The Kier molecular flexibility index (Phi) is 1.18. The lowest BCUT2D eigenvalue weighted by atomic mass is 9.74. The van der Waals surface area contributed by atoms with Gasteiger partial charge in [0.05, 0.1) is 18.1 Å². The highest BCUT2D eigenvalue weighted by Gasteiger charge is 2.87. The minimum absolute atomic E-state index is 0.0369. The van der Waals surface area contributed by atoms with E-state index in [1.165, 1.54) is 0 Å². The Labute approximate surface area is 87.5 Å². The van der Waals surface area contributed by atoms with Gasteiger partial charge in [0, 0.05) is 18.4 Å². The molecule has 5 nitrogen and oxygen atoms in total. The molecule has 1 spiro atoms.